The van der Waals surface area contributed by atoms with Crippen molar-refractivity contribution in [2.45, 2.75) is 9.79 Å². The van der Waals surface area contributed by atoms with Crippen molar-refractivity contribution in [1.29, 1.82) is 0 Å². The van der Waals surface area contributed by atoms with E-state index in [2.05, 4.69) is 4.98 Å². The van der Waals surface area contributed by atoms with E-state index in [1.165, 1.54) is 24.3 Å². The highest BCUT2D eigenvalue weighted by Gasteiger charge is 2.27. The Hall–Kier alpha value is -3.34. The number of hydrogen-bond acceptors (Lipinski definition) is 7. The van der Waals surface area contributed by atoms with Crippen molar-refractivity contribution in [1.82, 2.24) is 4.98 Å². The van der Waals surface area contributed by atoms with E-state index < -0.39 is 41.2 Å². The quantitative estimate of drug-likeness (QED) is 0.440. The summed E-state index contributed by atoms with van der Waals surface area (Å²) in [6, 6.07) is 14.8. The Morgan fingerprint density at radius 1 is 0.935 bits per heavy atom. The average Bonchev–Trinajstić information content (AvgIpc) is 3.17. The third kappa shape index (κ3) is 4.26. The molecule has 0 bridgehead atoms. The van der Waals surface area contributed by atoms with Crippen molar-refractivity contribution in [3.63, 3.8) is 0 Å². The summed E-state index contributed by atoms with van der Waals surface area (Å²) in [7, 11) is -8.53. The molecule has 0 saturated heterocycles. The van der Waals surface area contributed by atoms with Gasteiger partial charge < -0.3 is 4.42 Å². The number of pyridine rings is 1. The van der Waals surface area contributed by atoms with Crippen LogP contribution in [0.15, 0.2) is 87.3 Å². The van der Waals surface area contributed by atoms with Crippen molar-refractivity contribution >= 4 is 36.6 Å². The molecule has 4 rings (SSSR count). The second-order valence-electron chi connectivity index (χ2n) is 6.78. The number of sulfone groups is 1. The summed E-state index contributed by atoms with van der Waals surface area (Å²) in [5.74, 6) is -1.03. The molecule has 158 valence electrons. The first kappa shape index (κ1) is 20.9. The number of nitrogens with two attached hydrogens (primary N) is 1. The Bertz CT molecular complexity index is 1510. The van der Waals surface area contributed by atoms with E-state index in [0.29, 0.717) is 16.7 Å². The number of carbonyl (C=O) groups excluding carboxylic acids is 1. The number of fused-ring (bicyclic) bond motifs is 1. The van der Waals surface area contributed by atoms with Crippen LogP contribution in [0.3, 0.4) is 0 Å². The molecule has 4 aromatic rings. The van der Waals surface area contributed by atoms with Crippen molar-refractivity contribution < 1.29 is 26.0 Å². The molecule has 2 aromatic heterocycles. The van der Waals surface area contributed by atoms with Crippen molar-refractivity contribution in [2.24, 2.45) is 5.14 Å². The molecule has 0 atom stereocenters. The molecule has 0 spiro atoms. The number of ketones is 1. The number of aromatic nitrogens is 1. The summed E-state index contributed by atoms with van der Waals surface area (Å²) < 4.78 is 54.8. The number of rotatable bonds is 6. The number of furan rings is 1. The maximum atomic E-state index is 12.8. The number of sulfonamides is 1. The van der Waals surface area contributed by atoms with Gasteiger partial charge in [0.2, 0.25) is 10.0 Å². The fraction of sp³-hybridized carbons (Fsp3) is 0.0476. The standard InChI is InChI=1S/C21H16N2O6S2/c22-31(27,28)21-6-2-1-5-20(21)30(25,26)13-17(24)14-7-8-18-16(10-14)11-19(29-18)15-4-3-9-23-12-15/h1-12H,13H2,(H2,22,27,28). The Labute approximate surface area is 178 Å². The van der Waals surface area contributed by atoms with Crippen LogP contribution in [0.25, 0.3) is 22.3 Å². The molecule has 0 aliphatic heterocycles. The zero-order chi connectivity index (χ0) is 22.2. The Morgan fingerprint density at radius 2 is 1.68 bits per heavy atom. The molecule has 0 fully saturated rings. The summed E-state index contributed by atoms with van der Waals surface area (Å²) in [5.41, 5.74) is 1.44. The van der Waals surface area contributed by atoms with E-state index in [1.807, 2.05) is 6.07 Å². The minimum atomic E-state index is -4.28. The van der Waals surface area contributed by atoms with Crippen LogP contribution in [-0.2, 0) is 19.9 Å². The van der Waals surface area contributed by atoms with Gasteiger partial charge in [-0.2, -0.15) is 0 Å². The van der Waals surface area contributed by atoms with Gasteiger partial charge in [-0.25, -0.2) is 22.0 Å². The van der Waals surface area contributed by atoms with Crippen LogP contribution in [0.5, 0.6) is 0 Å². The van der Waals surface area contributed by atoms with Gasteiger partial charge in [0.25, 0.3) is 0 Å². The van der Waals surface area contributed by atoms with E-state index in [9.17, 15) is 21.6 Å². The van der Waals surface area contributed by atoms with Crippen molar-refractivity contribution in [2.75, 3.05) is 5.75 Å². The summed E-state index contributed by atoms with van der Waals surface area (Å²) in [5, 5.41) is 5.73. The molecule has 0 amide bonds. The minimum absolute atomic E-state index is 0.155. The zero-order valence-electron chi connectivity index (χ0n) is 15.9. The summed E-state index contributed by atoms with van der Waals surface area (Å²) >= 11 is 0. The molecule has 2 aromatic carbocycles. The fourth-order valence-electron chi connectivity index (χ4n) is 3.14. The van der Waals surface area contributed by atoms with Crippen LogP contribution in [0.1, 0.15) is 10.4 Å². The molecule has 0 aliphatic rings. The molecular formula is C21H16N2O6S2. The lowest BCUT2D eigenvalue weighted by Crippen LogP contribution is -2.21. The number of primary sulfonamides is 1. The van der Waals surface area contributed by atoms with Gasteiger partial charge in [0.1, 0.15) is 22.0 Å². The average molecular weight is 457 g/mol. The smallest absolute Gasteiger partial charge is 0.239 e. The van der Waals surface area contributed by atoms with Crippen LogP contribution < -0.4 is 5.14 Å². The predicted molar refractivity (Wildman–Crippen MR) is 114 cm³/mol. The van der Waals surface area contributed by atoms with Crippen LogP contribution in [0.4, 0.5) is 0 Å². The van der Waals surface area contributed by atoms with E-state index in [1.54, 1.807) is 30.6 Å². The number of hydrogen-bond donors (Lipinski definition) is 1. The largest absolute Gasteiger partial charge is 0.456 e. The van der Waals surface area contributed by atoms with Gasteiger partial charge in [-0.1, -0.05) is 12.1 Å². The molecule has 0 saturated carbocycles. The van der Waals surface area contributed by atoms with Crippen molar-refractivity contribution in [3.05, 3.63) is 78.6 Å². The van der Waals surface area contributed by atoms with Gasteiger partial charge in [-0.3, -0.25) is 9.78 Å². The van der Waals surface area contributed by atoms with Crippen molar-refractivity contribution in [3.8, 4) is 11.3 Å². The van der Waals surface area contributed by atoms with Crippen LogP contribution >= 0.6 is 0 Å². The first-order valence-electron chi connectivity index (χ1n) is 8.97. The highest BCUT2D eigenvalue weighted by molar-refractivity contribution is 7.94. The molecule has 2 N–H and O–H groups in total. The van der Waals surface area contributed by atoms with Gasteiger partial charge in [-0.05, 0) is 48.5 Å². The molecule has 0 unspecified atom stereocenters. The lowest BCUT2D eigenvalue weighted by Gasteiger charge is -2.08. The summed E-state index contributed by atoms with van der Waals surface area (Å²) in [6.45, 7) is 0. The topological polar surface area (TPSA) is 137 Å². The minimum Gasteiger partial charge on any atom is -0.456 e. The van der Waals surface area contributed by atoms with Gasteiger partial charge in [0.15, 0.2) is 15.6 Å². The molecule has 2 heterocycles. The lowest BCUT2D eigenvalue weighted by molar-refractivity contribution is 0.102. The van der Waals surface area contributed by atoms with Crippen LogP contribution in [0.2, 0.25) is 0 Å². The van der Waals surface area contributed by atoms with Gasteiger partial charge >= 0.3 is 0 Å². The molecule has 0 radical (unpaired) electrons. The first-order valence-corrected chi connectivity index (χ1v) is 12.2. The fourth-order valence-corrected chi connectivity index (χ4v) is 5.82. The molecule has 10 heteroatoms. The predicted octanol–water partition coefficient (Wildman–Crippen LogP) is 2.80. The van der Waals surface area contributed by atoms with Gasteiger partial charge in [-0.15, -0.1) is 0 Å². The summed E-state index contributed by atoms with van der Waals surface area (Å²) in [4.78, 5) is 15.7. The number of carbonyl (C=O) groups is 1. The van der Waals surface area contributed by atoms with Crippen LogP contribution in [0, 0.1) is 0 Å². The zero-order valence-corrected chi connectivity index (χ0v) is 17.6. The maximum Gasteiger partial charge on any atom is 0.239 e. The number of nitrogens with zero attached hydrogens (tertiary/aromatic N) is 1. The molecular weight excluding hydrogens is 440 g/mol. The summed E-state index contributed by atoms with van der Waals surface area (Å²) in [6.07, 6.45) is 3.27. The third-order valence-corrected chi connectivity index (χ3v) is 7.36. The Balaban J connectivity index is 1.66. The SMILES string of the molecule is NS(=O)(=O)c1ccccc1S(=O)(=O)CC(=O)c1ccc2oc(-c3cccnc3)cc2c1. The van der Waals surface area contributed by atoms with E-state index >= 15 is 0 Å². The van der Waals surface area contributed by atoms with E-state index in [0.717, 1.165) is 17.7 Å². The second-order valence-corrected chi connectivity index (χ2v) is 10.3. The van der Waals surface area contributed by atoms with Crippen LogP contribution in [-0.4, -0.2) is 33.4 Å². The van der Waals surface area contributed by atoms with Gasteiger partial charge in [0.05, 0.1) is 4.90 Å². The maximum absolute atomic E-state index is 12.8. The van der Waals surface area contributed by atoms with Gasteiger partial charge in [0, 0.05) is 28.9 Å². The number of Topliss-reactive ketones (excluding diaryl/α,β-unsaturated/α-hetero) is 1. The highest BCUT2D eigenvalue weighted by Crippen LogP contribution is 2.28. The Morgan fingerprint density at radius 3 is 2.35 bits per heavy atom. The molecule has 8 nitrogen and oxygen atoms in total. The normalized spacial score (nSPS) is 12.2. The second kappa shape index (κ2) is 7.73. The third-order valence-electron chi connectivity index (χ3n) is 4.60. The molecule has 0 aliphatic carbocycles. The Kier molecular flexibility index (Phi) is 5.21. The van der Waals surface area contributed by atoms with E-state index in [4.69, 9.17) is 9.56 Å². The number of benzene rings is 2. The first-order chi connectivity index (χ1) is 14.6. The molecule has 31 heavy (non-hydrogen) atoms. The monoisotopic (exact) mass is 456 g/mol. The lowest BCUT2D eigenvalue weighted by atomic mass is 10.1. The highest BCUT2D eigenvalue weighted by atomic mass is 32.2. The van der Waals surface area contributed by atoms with E-state index in [-0.39, 0.29) is 5.56 Å².